The van der Waals surface area contributed by atoms with E-state index in [0.717, 1.165) is 45.7 Å². The molecule has 0 amide bonds. The average molecular weight is 318 g/mol. The molecule has 2 saturated heterocycles. The lowest BCUT2D eigenvalue weighted by molar-refractivity contribution is -0.0270. The molecule has 0 bridgehead atoms. The Morgan fingerprint density at radius 1 is 1.14 bits per heavy atom. The standard InChI is InChI=1S/C14H26N2O4S/c1-2-11-21(17,18)15-12-14(3-7-19-8-4-14)13-16-5-9-20-10-6-16/h2,15H,1,3-13H2. The van der Waals surface area contributed by atoms with Crippen molar-refractivity contribution in [2.75, 3.05) is 58.4 Å². The summed E-state index contributed by atoms with van der Waals surface area (Å²) in [5.41, 5.74) is -0.0379. The van der Waals surface area contributed by atoms with Crippen LogP contribution in [0.2, 0.25) is 0 Å². The molecule has 0 aromatic rings. The Hall–Kier alpha value is -0.470. The number of hydrogen-bond acceptors (Lipinski definition) is 5. The van der Waals surface area contributed by atoms with Gasteiger partial charge < -0.3 is 9.47 Å². The Morgan fingerprint density at radius 3 is 2.38 bits per heavy atom. The second-order valence-corrected chi connectivity index (χ2v) is 7.74. The van der Waals surface area contributed by atoms with Crippen LogP contribution in [0.1, 0.15) is 12.8 Å². The summed E-state index contributed by atoms with van der Waals surface area (Å²) >= 11 is 0. The molecule has 6 nitrogen and oxygen atoms in total. The molecular weight excluding hydrogens is 292 g/mol. The highest BCUT2D eigenvalue weighted by molar-refractivity contribution is 7.89. The molecule has 1 N–H and O–H groups in total. The monoisotopic (exact) mass is 318 g/mol. The van der Waals surface area contributed by atoms with Crippen molar-refractivity contribution < 1.29 is 17.9 Å². The smallest absolute Gasteiger partial charge is 0.215 e. The summed E-state index contributed by atoms with van der Waals surface area (Å²) in [6.45, 7) is 9.62. The summed E-state index contributed by atoms with van der Waals surface area (Å²) in [4.78, 5) is 2.37. The lowest BCUT2D eigenvalue weighted by atomic mass is 9.79. The Morgan fingerprint density at radius 2 is 1.76 bits per heavy atom. The molecule has 0 spiro atoms. The third-order valence-corrected chi connectivity index (χ3v) is 5.48. The number of morpholine rings is 1. The van der Waals surface area contributed by atoms with Gasteiger partial charge in [0.2, 0.25) is 10.0 Å². The molecule has 0 radical (unpaired) electrons. The number of sulfonamides is 1. The summed E-state index contributed by atoms with van der Waals surface area (Å²) in [6, 6.07) is 0. The Kier molecular flexibility index (Phi) is 6.19. The lowest BCUT2D eigenvalue weighted by Gasteiger charge is -2.42. The molecule has 2 aliphatic rings. The molecule has 2 fully saturated rings. The highest BCUT2D eigenvalue weighted by Crippen LogP contribution is 2.31. The maximum absolute atomic E-state index is 11.9. The molecule has 0 unspecified atom stereocenters. The maximum Gasteiger partial charge on any atom is 0.215 e. The van der Waals surface area contributed by atoms with Gasteiger partial charge in [-0.3, -0.25) is 4.90 Å². The van der Waals surface area contributed by atoms with Crippen molar-refractivity contribution in [2.45, 2.75) is 12.8 Å². The van der Waals surface area contributed by atoms with Crippen LogP contribution in [0.25, 0.3) is 0 Å². The zero-order valence-corrected chi connectivity index (χ0v) is 13.4. The lowest BCUT2D eigenvalue weighted by Crippen LogP contribution is -2.51. The first kappa shape index (κ1) is 16.9. The fraction of sp³-hybridized carbons (Fsp3) is 0.857. The van der Waals surface area contributed by atoms with Crippen molar-refractivity contribution in [3.8, 4) is 0 Å². The van der Waals surface area contributed by atoms with E-state index in [1.807, 2.05) is 0 Å². The molecule has 0 aromatic carbocycles. The summed E-state index contributed by atoms with van der Waals surface area (Å²) in [6.07, 6.45) is 3.20. The van der Waals surface area contributed by atoms with Crippen molar-refractivity contribution in [1.29, 1.82) is 0 Å². The van der Waals surface area contributed by atoms with Gasteiger partial charge in [0.1, 0.15) is 0 Å². The van der Waals surface area contributed by atoms with Gasteiger partial charge in [-0.05, 0) is 12.8 Å². The van der Waals surface area contributed by atoms with E-state index in [2.05, 4.69) is 16.2 Å². The molecular formula is C14H26N2O4S. The Bertz CT molecular complexity index is 426. The van der Waals surface area contributed by atoms with Crippen molar-refractivity contribution >= 4 is 10.0 Å². The van der Waals surface area contributed by atoms with Gasteiger partial charge in [-0.15, -0.1) is 6.58 Å². The summed E-state index contributed by atoms with van der Waals surface area (Å²) in [7, 11) is -3.26. The molecule has 7 heteroatoms. The van der Waals surface area contributed by atoms with E-state index in [1.54, 1.807) is 0 Å². The van der Waals surface area contributed by atoms with Crippen molar-refractivity contribution in [3.05, 3.63) is 12.7 Å². The normalized spacial score (nSPS) is 23.8. The SMILES string of the molecule is C=CCS(=O)(=O)NCC1(CN2CCOCC2)CCOCC1. The minimum Gasteiger partial charge on any atom is -0.381 e. The van der Waals surface area contributed by atoms with Crippen LogP contribution in [-0.4, -0.2) is 71.7 Å². The van der Waals surface area contributed by atoms with Gasteiger partial charge in [0, 0.05) is 44.8 Å². The second kappa shape index (κ2) is 7.69. The third kappa shape index (κ3) is 5.34. The van der Waals surface area contributed by atoms with Crippen LogP contribution in [0.3, 0.4) is 0 Å². The fourth-order valence-corrected chi connectivity index (χ4v) is 3.86. The van der Waals surface area contributed by atoms with Crippen molar-refractivity contribution in [1.82, 2.24) is 9.62 Å². The van der Waals surface area contributed by atoms with E-state index < -0.39 is 10.0 Å². The molecule has 2 aliphatic heterocycles. The Balaban J connectivity index is 1.97. The fourth-order valence-electron chi connectivity index (χ4n) is 2.91. The predicted molar refractivity (Wildman–Crippen MR) is 81.7 cm³/mol. The highest BCUT2D eigenvalue weighted by atomic mass is 32.2. The van der Waals surface area contributed by atoms with Gasteiger partial charge in [0.25, 0.3) is 0 Å². The molecule has 0 atom stereocenters. The van der Waals surface area contributed by atoms with E-state index in [0.29, 0.717) is 19.8 Å². The summed E-state index contributed by atoms with van der Waals surface area (Å²) in [5.74, 6) is -0.0306. The first-order chi connectivity index (χ1) is 10.1. The van der Waals surface area contributed by atoms with E-state index in [9.17, 15) is 8.42 Å². The number of rotatable bonds is 7. The van der Waals surface area contributed by atoms with Crippen molar-refractivity contribution in [2.24, 2.45) is 5.41 Å². The number of ether oxygens (including phenoxy) is 2. The molecule has 0 aromatic heterocycles. The van der Waals surface area contributed by atoms with Gasteiger partial charge in [0.05, 0.1) is 19.0 Å². The van der Waals surface area contributed by atoms with E-state index in [1.165, 1.54) is 6.08 Å². The molecule has 0 saturated carbocycles. The predicted octanol–water partition coefficient (Wildman–Crippen LogP) is 0.221. The van der Waals surface area contributed by atoms with E-state index in [4.69, 9.17) is 9.47 Å². The largest absolute Gasteiger partial charge is 0.381 e. The average Bonchev–Trinajstić information content (AvgIpc) is 2.48. The summed E-state index contributed by atoms with van der Waals surface area (Å²) < 4.78 is 37.3. The van der Waals surface area contributed by atoms with Crippen LogP contribution in [0.5, 0.6) is 0 Å². The number of nitrogens with zero attached hydrogens (tertiary/aromatic N) is 1. The summed E-state index contributed by atoms with van der Waals surface area (Å²) in [5, 5.41) is 0. The van der Waals surface area contributed by atoms with Gasteiger partial charge in [-0.25, -0.2) is 13.1 Å². The first-order valence-electron chi connectivity index (χ1n) is 7.51. The van der Waals surface area contributed by atoms with Crippen LogP contribution < -0.4 is 4.72 Å². The third-order valence-electron chi connectivity index (χ3n) is 4.22. The van der Waals surface area contributed by atoms with Gasteiger partial charge in [-0.1, -0.05) is 6.08 Å². The Labute approximate surface area is 127 Å². The quantitative estimate of drug-likeness (QED) is 0.680. The molecule has 122 valence electrons. The number of hydrogen-bond donors (Lipinski definition) is 1. The topological polar surface area (TPSA) is 67.9 Å². The van der Waals surface area contributed by atoms with E-state index in [-0.39, 0.29) is 11.2 Å². The molecule has 0 aliphatic carbocycles. The van der Waals surface area contributed by atoms with Crippen LogP contribution >= 0.6 is 0 Å². The van der Waals surface area contributed by atoms with Gasteiger partial charge in [-0.2, -0.15) is 0 Å². The highest BCUT2D eigenvalue weighted by Gasteiger charge is 2.35. The second-order valence-electron chi connectivity index (χ2n) is 5.89. The molecule has 2 heterocycles. The van der Waals surface area contributed by atoms with Crippen LogP contribution in [0.15, 0.2) is 12.7 Å². The van der Waals surface area contributed by atoms with E-state index >= 15 is 0 Å². The zero-order chi connectivity index (χ0) is 15.2. The van der Waals surface area contributed by atoms with Crippen LogP contribution in [0, 0.1) is 5.41 Å². The zero-order valence-electron chi connectivity index (χ0n) is 12.6. The van der Waals surface area contributed by atoms with Crippen LogP contribution in [0.4, 0.5) is 0 Å². The van der Waals surface area contributed by atoms with Crippen LogP contribution in [-0.2, 0) is 19.5 Å². The molecule has 2 rings (SSSR count). The van der Waals surface area contributed by atoms with Gasteiger partial charge in [0.15, 0.2) is 0 Å². The van der Waals surface area contributed by atoms with Gasteiger partial charge >= 0.3 is 0 Å². The number of nitrogens with one attached hydrogen (secondary N) is 1. The minimum atomic E-state index is -3.26. The minimum absolute atomic E-state index is 0.0306. The molecule has 21 heavy (non-hydrogen) atoms. The first-order valence-corrected chi connectivity index (χ1v) is 9.17. The van der Waals surface area contributed by atoms with Crippen molar-refractivity contribution in [3.63, 3.8) is 0 Å². The maximum atomic E-state index is 11.9.